The number of hydrogen-bond donors (Lipinski definition) is 1. The number of carbonyl (C=O) groups excluding carboxylic acids is 2. The van der Waals surface area contributed by atoms with Gasteiger partial charge in [0.05, 0.1) is 13.2 Å². The van der Waals surface area contributed by atoms with E-state index in [4.69, 9.17) is 9.47 Å². The van der Waals surface area contributed by atoms with Gasteiger partial charge in [-0.25, -0.2) is 26.4 Å². The largest absolute Gasteiger partial charge is 0.460 e. The van der Waals surface area contributed by atoms with Gasteiger partial charge in [0, 0.05) is 10.8 Å². The zero-order chi connectivity index (χ0) is 29.6. The Balaban J connectivity index is 1.08. The van der Waals surface area contributed by atoms with Gasteiger partial charge in [0.1, 0.15) is 0 Å². The van der Waals surface area contributed by atoms with Crippen LogP contribution in [0.15, 0.2) is 0 Å². The number of halogens is 4. The first-order valence-electron chi connectivity index (χ1n) is 14.3. The number of esters is 2. The second-order valence-electron chi connectivity index (χ2n) is 14.1. The maximum absolute atomic E-state index is 14.7. The highest BCUT2D eigenvalue weighted by atomic mass is 32.3. The Bertz CT molecular complexity index is 1160. The minimum absolute atomic E-state index is 0.205. The number of carbonyl (C=O) groups is 2. The van der Waals surface area contributed by atoms with E-state index in [0.29, 0.717) is 74.0 Å². The fourth-order valence-electron chi connectivity index (χ4n) is 10.0. The van der Waals surface area contributed by atoms with E-state index in [2.05, 4.69) is 0 Å². The molecule has 0 amide bonds. The zero-order valence-corrected chi connectivity index (χ0v) is 24.1. The summed E-state index contributed by atoms with van der Waals surface area (Å²) in [6.45, 7) is -0.944. The molecule has 8 saturated carbocycles. The zero-order valence-electron chi connectivity index (χ0n) is 22.5. The van der Waals surface area contributed by atoms with Crippen LogP contribution in [0.1, 0.15) is 77.0 Å². The van der Waals surface area contributed by atoms with Gasteiger partial charge < -0.3 is 9.47 Å². The van der Waals surface area contributed by atoms with Crippen molar-refractivity contribution in [2.45, 2.75) is 87.6 Å². The van der Waals surface area contributed by atoms with Crippen molar-refractivity contribution in [3.63, 3.8) is 0 Å². The van der Waals surface area contributed by atoms with Crippen LogP contribution in [-0.2, 0) is 39.1 Å². The van der Waals surface area contributed by atoms with Crippen LogP contribution in [-0.4, -0.2) is 52.5 Å². The molecular weight excluding hydrogens is 594 g/mol. The van der Waals surface area contributed by atoms with Gasteiger partial charge in [-0.3, -0.25) is 0 Å². The van der Waals surface area contributed by atoms with Crippen LogP contribution in [0.4, 0.5) is 17.6 Å². The van der Waals surface area contributed by atoms with E-state index in [9.17, 15) is 44.0 Å². The van der Waals surface area contributed by atoms with Crippen molar-refractivity contribution in [1.82, 2.24) is 4.13 Å². The number of ether oxygens (including phenoxy) is 2. The van der Waals surface area contributed by atoms with Gasteiger partial charge in [0.25, 0.3) is 0 Å². The van der Waals surface area contributed by atoms with Crippen LogP contribution < -0.4 is 4.13 Å². The summed E-state index contributed by atoms with van der Waals surface area (Å²) in [6.07, 6.45) is 9.96. The summed E-state index contributed by atoms with van der Waals surface area (Å²) in [6, 6.07) is 0. The molecule has 8 aliphatic rings. The van der Waals surface area contributed by atoms with Crippen molar-refractivity contribution in [3.05, 3.63) is 0 Å². The predicted octanol–water partition coefficient (Wildman–Crippen LogP) is 3.94. The molecule has 8 aliphatic carbocycles. The standard InChI is InChI=1S/C26H35F4NO8S2/c27-25(28,21(32)38-13-23-7-15-1-16(8-23)3-17(2-15)9-23)40(34,35)31-41(36,37)26(29,30)22(33)39-14-24-10-18-4-19(11-24)6-20(5-18)12-24/h15-20,31H,1-14H2. The average Bonchev–Trinajstić information content (AvgIpc) is 2.83. The van der Waals surface area contributed by atoms with Crippen molar-refractivity contribution in [2.24, 2.45) is 46.3 Å². The molecule has 15 heteroatoms. The van der Waals surface area contributed by atoms with Gasteiger partial charge in [0.2, 0.25) is 0 Å². The fourth-order valence-corrected chi connectivity index (χ4v) is 12.6. The predicted molar refractivity (Wildman–Crippen MR) is 134 cm³/mol. The van der Waals surface area contributed by atoms with Crippen molar-refractivity contribution in [2.75, 3.05) is 13.2 Å². The Labute approximate surface area is 236 Å². The van der Waals surface area contributed by atoms with Gasteiger partial charge in [-0.05, 0) is 113 Å². The fraction of sp³-hybridized carbons (Fsp3) is 0.923. The first-order chi connectivity index (χ1) is 18.9. The highest BCUT2D eigenvalue weighted by Crippen LogP contribution is 2.61. The maximum atomic E-state index is 14.7. The Morgan fingerprint density at radius 3 is 1.07 bits per heavy atom. The molecule has 41 heavy (non-hydrogen) atoms. The van der Waals surface area contributed by atoms with Gasteiger partial charge in [-0.15, -0.1) is 0 Å². The molecule has 1 N–H and O–H groups in total. The van der Waals surface area contributed by atoms with Gasteiger partial charge in [0.15, 0.2) is 0 Å². The van der Waals surface area contributed by atoms with Crippen LogP contribution in [0, 0.1) is 46.3 Å². The van der Waals surface area contributed by atoms with Crippen LogP contribution in [0.5, 0.6) is 0 Å². The molecule has 8 fully saturated rings. The lowest BCUT2D eigenvalue weighted by molar-refractivity contribution is -0.171. The van der Waals surface area contributed by atoms with Crippen molar-refractivity contribution in [1.29, 1.82) is 0 Å². The number of hydrogen-bond acceptors (Lipinski definition) is 8. The minimum Gasteiger partial charge on any atom is -0.460 e. The second kappa shape index (κ2) is 9.51. The molecule has 8 rings (SSSR count). The van der Waals surface area contributed by atoms with E-state index in [-0.39, 0.29) is 4.13 Å². The summed E-state index contributed by atoms with van der Waals surface area (Å²) < 4.78 is 117. The van der Waals surface area contributed by atoms with Crippen LogP contribution in [0.25, 0.3) is 0 Å². The van der Waals surface area contributed by atoms with Crippen LogP contribution >= 0.6 is 0 Å². The van der Waals surface area contributed by atoms with E-state index < -0.39 is 66.5 Å². The number of alkyl halides is 4. The Morgan fingerprint density at radius 2 is 0.829 bits per heavy atom. The van der Waals surface area contributed by atoms with E-state index in [1.165, 1.54) is 0 Å². The molecule has 0 aromatic rings. The highest BCUT2D eigenvalue weighted by molar-refractivity contribution is 8.06. The highest BCUT2D eigenvalue weighted by Gasteiger charge is 2.63. The molecular formula is C26H35F4NO8S2. The molecule has 0 saturated heterocycles. The molecule has 0 spiro atoms. The molecule has 9 nitrogen and oxygen atoms in total. The lowest BCUT2D eigenvalue weighted by atomic mass is 9.50. The lowest BCUT2D eigenvalue weighted by Gasteiger charge is -2.56. The summed E-state index contributed by atoms with van der Waals surface area (Å²) in [4.78, 5) is 24.4. The smallest absolute Gasteiger partial charge is 0.455 e. The van der Waals surface area contributed by atoms with E-state index in [1.54, 1.807) is 0 Å². The average molecular weight is 630 g/mol. The summed E-state index contributed by atoms with van der Waals surface area (Å²) in [5.74, 6) is -2.88. The quantitative estimate of drug-likeness (QED) is 0.284. The Kier molecular flexibility index (Phi) is 6.86. The molecule has 0 aromatic heterocycles. The second-order valence-corrected chi connectivity index (χ2v) is 17.8. The molecule has 0 unspecified atom stereocenters. The normalized spacial score (nSPS) is 39.6. The van der Waals surface area contributed by atoms with Crippen LogP contribution in [0.3, 0.4) is 0 Å². The number of nitrogens with one attached hydrogen (secondary N) is 1. The monoisotopic (exact) mass is 629 g/mol. The third-order valence-electron chi connectivity index (χ3n) is 10.7. The van der Waals surface area contributed by atoms with Crippen molar-refractivity contribution >= 4 is 32.0 Å². The third kappa shape index (κ3) is 5.08. The van der Waals surface area contributed by atoms with Crippen LogP contribution in [0.2, 0.25) is 0 Å². The summed E-state index contributed by atoms with van der Waals surface area (Å²) in [5.41, 5.74) is -1.12. The van der Waals surface area contributed by atoms with Crippen molar-refractivity contribution < 1.29 is 53.5 Å². The molecule has 0 aliphatic heterocycles. The van der Waals surface area contributed by atoms with Gasteiger partial charge in [-0.2, -0.15) is 17.6 Å². The topological polar surface area (TPSA) is 133 Å². The molecule has 0 atom stereocenters. The third-order valence-corrected chi connectivity index (χ3v) is 14.2. The van der Waals surface area contributed by atoms with E-state index >= 15 is 0 Å². The molecule has 8 bridgehead atoms. The molecule has 0 heterocycles. The number of sulfonamides is 2. The Hall–Kier alpha value is -1.48. The summed E-state index contributed by atoms with van der Waals surface area (Å²) in [5, 5.41) is -11.0. The first kappa shape index (κ1) is 29.6. The maximum Gasteiger partial charge on any atom is 0.455 e. The van der Waals surface area contributed by atoms with Gasteiger partial charge >= 0.3 is 42.5 Å². The molecule has 0 radical (unpaired) electrons. The summed E-state index contributed by atoms with van der Waals surface area (Å²) >= 11 is 0. The minimum atomic E-state index is -6.60. The Morgan fingerprint density at radius 1 is 0.585 bits per heavy atom. The van der Waals surface area contributed by atoms with Crippen molar-refractivity contribution in [3.8, 4) is 0 Å². The summed E-state index contributed by atoms with van der Waals surface area (Å²) in [7, 11) is -13.2. The van der Waals surface area contributed by atoms with Gasteiger partial charge in [-0.1, -0.05) is 4.13 Å². The lowest BCUT2D eigenvalue weighted by Crippen LogP contribution is -2.55. The van der Waals surface area contributed by atoms with E-state index in [1.807, 2.05) is 0 Å². The first-order valence-corrected chi connectivity index (χ1v) is 17.3. The SMILES string of the molecule is O=C(OCC12CC3CC(CC(C3)C1)C2)C(F)(F)S(=O)(=O)NS(=O)(=O)C(F)(F)C(=O)OCC12CC3CC(CC(C3)C1)C2. The molecule has 232 valence electrons. The molecule has 0 aromatic carbocycles. The number of rotatable bonds is 10. The van der Waals surface area contributed by atoms with E-state index in [0.717, 1.165) is 38.5 Å².